The standard InChI is InChI=1S/C20H18ClN3O3S/c1-28(26,27)12-14-6-5-13(10-18(14)22)20(25)24-15-7-8-17(21)16(11-15)19-4-2-3-9-23-19/h2-11H,12,22H2,1H3,(H,24,25). The van der Waals surface area contributed by atoms with Gasteiger partial charge in [0.25, 0.3) is 5.91 Å². The number of hydrogen-bond donors (Lipinski definition) is 2. The number of sulfone groups is 1. The fraction of sp³-hybridized carbons (Fsp3) is 0.100. The molecule has 3 N–H and O–H groups in total. The first kappa shape index (κ1) is 19.9. The molecule has 0 fully saturated rings. The number of rotatable bonds is 5. The summed E-state index contributed by atoms with van der Waals surface area (Å²) in [5.74, 6) is -0.544. The van der Waals surface area contributed by atoms with Crippen molar-refractivity contribution in [3.8, 4) is 11.3 Å². The highest BCUT2D eigenvalue weighted by atomic mass is 35.5. The van der Waals surface area contributed by atoms with E-state index in [9.17, 15) is 13.2 Å². The number of nitrogen functional groups attached to an aromatic ring is 1. The molecule has 144 valence electrons. The van der Waals surface area contributed by atoms with E-state index in [1.807, 2.05) is 12.1 Å². The molecule has 1 aromatic heterocycles. The predicted octanol–water partition coefficient (Wildman–Crippen LogP) is 3.78. The Balaban J connectivity index is 1.83. The van der Waals surface area contributed by atoms with Gasteiger partial charge in [0, 0.05) is 35.0 Å². The Hall–Kier alpha value is -2.90. The zero-order chi connectivity index (χ0) is 20.3. The van der Waals surface area contributed by atoms with Crippen molar-refractivity contribution in [2.45, 2.75) is 5.75 Å². The average molecular weight is 416 g/mol. The second kappa shape index (κ2) is 8.00. The topological polar surface area (TPSA) is 102 Å². The second-order valence-corrected chi connectivity index (χ2v) is 8.89. The van der Waals surface area contributed by atoms with E-state index < -0.39 is 9.84 Å². The first-order valence-electron chi connectivity index (χ1n) is 8.31. The fourth-order valence-electron chi connectivity index (χ4n) is 2.67. The number of carbonyl (C=O) groups is 1. The van der Waals surface area contributed by atoms with E-state index in [1.54, 1.807) is 42.6 Å². The third kappa shape index (κ3) is 4.88. The molecule has 6 nitrogen and oxygen atoms in total. The van der Waals surface area contributed by atoms with Crippen LogP contribution in [0.5, 0.6) is 0 Å². The van der Waals surface area contributed by atoms with Crippen LogP contribution in [0.15, 0.2) is 60.8 Å². The van der Waals surface area contributed by atoms with Crippen molar-refractivity contribution in [3.63, 3.8) is 0 Å². The number of amides is 1. The van der Waals surface area contributed by atoms with Crippen LogP contribution in [0, 0.1) is 0 Å². The molecule has 0 aliphatic carbocycles. The molecule has 1 heterocycles. The summed E-state index contributed by atoms with van der Waals surface area (Å²) < 4.78 is 22.9. The van der Waals surface area contributed by atoms with Gasteiger partial charge in [0.15, 0.2) is 9.84 Å². The molecule has 1 amide bonds. The zero-order valence-corrected chi connectivity index (χ0v) is 16.6. The van der Waals surface area contributed by atoms with E-state index in [0.717, 1.165) is 6.26 Å². The summed E-state index contributed by atoms with van der Waals surface area (Å²) in [7, 11) is -3.22. The quantitative estimate of drug-likeness (QED) is 0.617. The monoisotopic (exact) mass is 415 g/mol. The van der Waals surface area contributed by atoms with Crippen LogP contribution >= 0.6 is 11.6 Å². The molecule has 0 bridgehead atoms. The van der Waals surface area contributed by atoms with Crippen molar-refractivity contribution in [1.29, 1.82) is 0 Å². The molecule has 3 rings (SSSR count). The van der Waals surface area contributed by atoms with Crippen LogP contribution < -0.4 is 11.1 Å². The molecule has 0 unspecified atom stereocenters. The summed E-state index contributed by atoms with van der Waals surface area (Å²) in [6.07, 6.45) is 2.80. The number of carbonyl (C=O) groups excluding carboxylic acids is 1. The SMILES string of the molecule is CS(=O)(=O)Cc1ccc(C(=O)Nc2ccc(Cl)c(-c3ccccn3)c2)cc1N. The highest BCUT2D eigenvalue weighted by Crippen LogP contribution is 2.29. The van der Waals surface area contributed by atoms with E-state index in [4.69, 9.17) is 17.3 Å². The van der Waals surface area contributed by atoms with Gasteiger partial charge in [-0.1, -0.05) is 23.7 Å². The first-order valence-corrected chi connectivity index (χ1v) is 10.8. The van der Waals surface area contributed by atoms with E-state index in [-0.39, 0.29) is 17.3 Å². The number of aromatic nitrogens is 1. The van der Waals surface area contributed by atoms with Gasteiger partial charge in [-0.3, -0.25) is 9.78 Å². The van der Waals surface area contributed by atoms with Gasteiger partial charge in [-0.05, 0) is 48.0 Å². The minimum atomic E-state index is -3.22. The molecular weight excluding hydrogens is 398 g/mol. The molecule has 0 atom stereocenters. The largest absolute Gasteiger partial charge is 0.398 e. The maximum absolute atomic E-state index is 12.6. The van der Waals surface area contributed by atoms with Gasteiger partial charge >= 0.3 is 0 Å². The van der Waals surface area contributed by atoms with Gasteiger partial charge in [0.1, 0.15) is 0 Å². The van der Waals surface area contributed by atoms with Crippen molar-refractivity contribution < 1.29 is 13.2 Å². The summed E-state index contributed by atoms with van der Waals surface area (Å²) in [6, 6.07) is 15.2. The van der Waals surface area contributed by atoms with Gasteiger partial charge in [0.05, 0.1) is 16.5 Å². The maximum atomic E-state index is 12.6. The molecule has 8 heteroatoms. The highest BCUT2D eigenvalue weighted by Gasteiger charge is 2.13. The van der Waals surface area contributed by atoms with Crippen molar-refractivity contribution in [3.05, 3.63) is 76.9 Å². The van der Waals surface area contributed by atoms with Gasteiger partial charge in [-0.25, -0.2) is 8.42 Å². The average Bonchev–Trinajstić information content (AvgIpc) is 2.64. The lowest BCUT2D eigenvalue weighted by molar-refractivity contribution is 0.102. The van der Waals surface area contributed by atoms with Crippen LogP contribution in [-0.2, 0) is 15.6 Å². The molecule has 28 heavy (non-hydrogen) atoms. The van der Waals surface area contributed by atoms with Crippen LogP contribution in [0.4, 0.5) is 11.4 Å². The molecule has 0 aliphatic rings. The van der Waals surface area contributed by atoms with Gasteiger partial charge < -0.3 is 11.1 Å². The lowest BCUT2D eigenvalue weighted by Crippen LogP contribution is -2.13. The number of nitrogens with zero attached hydrogens (tertiary/aromatic N) is 1. The molecule has 2 aromatic carbocycles. The fourth-order valence-corrected chi connectivity index (χ4v) is 3.72. The summed E-state index contributed by atoms with van der Waals surface area (Å²) in [6.45, 7) is 0. The Labute approximate surface area is 168 Å². The second-order valence-electron chi connectivity index (χ2n) is 6.35. The van der Waals surface area contributed by atoms with E-state index in [1.165, 1.54) is 6.07 Å². The summed E-state index contributed by atoms with van der Waals surface area (Å²) >= 11 is 6.26. The Kier molecular flexibility index (Phi) is 5.67. The smallest absolute Gasteiger partial charge is 0.255 e. The zero-order valence-electron chi connectivity index (χ0n) is 15.0. The Bertz CT molecular complexity index is 1130. The van der Waals surface area contributed by atoms with E-state index in [0.29, 0.717) is 33.1 Å². The third-order valence-electron chi connectivity index (χ3n) is 3.99. The van der Waals surface area contributed by atoms with Crippen LogP contribution in [0.1, 0.15) is 15.9 Å². The highest BCUT2D eigenvalue weighted by molar-refractivity contribution is 7.89. The molecule has 0 spiro atoms. The van der Waals surface area contributed by atoms with Crippen molar-refractivity contribution in [2.75, 3.05) is 17.3 Å². The van der Waals surface area contributed by atoms with Crippen molar-refractivity contribution in [1.82, 2.24) is 4.98 Å². The number of hydrogen-bond acceptors (Lipinski definition) is 5. The third-order valence-corrected chi connectivity index (χ3v) is 5.16. The summed E-state index contributed by atoms with van der Waals surface area (Å²) in [5.41, 5.74) is 8.89. The Morgan fingerprint density at radius 1 is 1.14 bits per heavy atom. The minimum absolute atomic E-state index is 0.175. The molecule has 0 saturated carbocycles. The number of nitrogens with two attached hydrogens (primary N) is 1. The maximum Gasteiger partial charge on any atom is 0.255 e. The van der Waals surface area contributed by atoms with Crippen LogP contribution in [0.25, 0.3) is 11.3 Å². The predicted molar refractivity (Wildman–Crippen MR) is 112 cm³/mol. The number of nitrogens with one attached hydrogen (secondary N) is 1. The van der Waals surface area contributed by atoms with E-state index >= 15 is 0 Å². The van der Waals surface area contributed by atoms with Gasteiger partial charge in [-0.15, -0.1) is 0 Å². The lowest BCUT2D eigenvalue weighted by Gasteiger charge is -2.11. The van der Waals surface area contributed by atoms with Crippen molar-refractivity contribution in [2.24, 2.45) is 0 Å². The van der Waals surface area contributed by atoms with Crippen LogP contribution in [0.3, 0.4) is 0 Å². The summed E-state index contributed by atoms with van der Waals surface area (Å²) in [5, 5.41) is 3.31. The minimum Gasteiger partial charge on any atom is -0.398 e. The molecule has 0 aliphatic heterocycles. The number of pyridine rings is 1. The first-order chi connectivity index (χ1) is 13.2. The summed E-state index contributed by atoms with van der Waals surface area (Å²) in [4.78, 5) is 16.8. The Morgan fingerprint density at radius 3 is 2.57 bits per heavy atom. The number of anilines is 2. The van der Waals surface area contributed by atoms with Crippen LogP contribution in [0.2, 0.25) is 5.02 Å². The van der Waals surface area contributed by atoms with E-state index in [2.05, 4.69) is 10.3 Å². The number of benzene rings is 2. The number of halogens is 1. The van der Waals surface area contributed by atoms with Crippen LogP contribution in [-0.4, -0.2) is 25.6 Å². The van der Waals surface area contributed by atoms with Gasteiger partial charge in [0.2, 0.25) is 0 Å². The van der Waals surface area contributed by atoms with Crippen molar-refractivity contribution >= 4 is 38.7 Å². The molecule has 0 saturated heterocycles. The molecular formula is C20H18ClN3O3S. The molecule has 3 aromatic rings. The van der Waals surface area contributed by atoms with Gasteiger partial charge in [-0.2, -0.15) is 0 Å². The Morgan fingerprint density at radius 2 is 1.93 bits per heavy atom. The molecule has 0 radical (unpaired) electrons. The lowest BCUT2D eigenvalue weighted by atomic mass is 10.1. The normalized spacial score (nSPS) is 11.2.